The number of hydrogen-bond acceptors (Lipinski definition) is 6. The summed E-state index contributed by atoms with van der Waals surface area (Å²) in [6, 6.07) is 9.76. The number of nitrogens with one attached hydrogen (secondary N) is 1. The summed E-state index contributed by atoms with van der Waals surface area (Å²) >= 11 is 0. The van der Waals surface area contributed by atoms with E-state index < -0.39 is 6.10 Å². The molecule has 0 bridgehead atoms. The monoisotopic (exact) mass is 340 g/mol. The lowest BCUT2D eigenvalue weighted by molar-refractivity contribution is 0.0969. The number of aliphatic hydroxyl groups is 1. The largest absolute Gasteiger partial charge is 0.388 e. The molecule has 2 heterocycles. The highest BCUT2D eigenvalue weighted by atomic mass is 16.3. The quantitative estimate of drug-likeness (QED) is 0.681. The molecule has 0 fully saturated rings. The molecule has 132 valence electrons. The average Bonchev–Trinajstić information content (AvgIpc) is 3.00. The molecule has 0 radical (unpaired) electrons. The molecule has 25 heavy (non-hydrogen) atoms. The van der Waals surface area contributed by atoms with Gasteiger partial charge in [0.2, 0.25) is 0 Å². The minimum Gasteiger partial charge on any atom is -0.388 e. The van der Waals surface area contributed by atoms with E-state index in [4.69, 9.17) is 0 Å². The number of benzene rings is 1. The van der Waals surface area contributed by atoms with Crippen molar-refractivity contribution in [2.75, 3.05) is 32.5 Å². The van der Waals surface area contributed by atoms with E-state index in [1.807, 2.05) is 51.5 Å². The maximum absolute atomic E-state index is 10.8. The molecule has 0 amide bonds. The number of aryl methyl sites for hydroxylation is 1. The summed E-state index contributed by atoms with van der Waals surface area (Å²) in [5, 5.41) is 19.3. The van der Waals surface area contributed by atoms with E-state index in [0.717, 1.165) is 29.0 Å². The van der Waals surface area contributed by atoms with Gasteiger partial charge in [-0.25, -0.2) is 9.97 Å². The molecule has 1 aromatic carbocycles. The van der Waals surface area contributed by atoms with Crippen molar-refractivity contribution in [3.63, 3.8) is 0 Å². The summed E-state index contributed by atoms with van der Waals surface area (Å²) in [6.07, 6.45) is 2.73. The van der Waals surface area contributed by atoms with Crippen molar-refractivity contribution in [2.24, 2.45) is 13.0 Å². The van der Waals surface area contributed by atoms with Crippen LogP contribution in [0.3, 0.4) is 0 Å². The SMILES string of the molecule is CN(C)C[C@@H](CNc1ncnc2c1cnn2C)[C@@H](O)c1ccccc1. The summed E-state index contributed by atoms with van der Waals surface area (Å²) in [7, 11) is 5.87. The molecule has 7 heteroatoms. The standard InChI is InChI=1S/C18H24N6O/c1-23(2)11-14(16(25)13-7-5-4-6-8-13)9-19-17-15-10-22-24(3)18(15)21-12-20-17/h4-8,10,12,14,16,25H,9,11H2,1-3H3,(H,19,20,21)/t14-,16+/m1/s1. The van der Waals surface area contributed by atoms with Crippen LogP contribution in [0.25, 0.3) is 11.0 Å². The Morgan fingerprint density at radius 1 is 1.20 bits per heavy atom. The van der Waals surface area contributed by atoms with Gasteiger partial charge < -0.3 is 15.3 Å². The van der Waals surface area contributed by atoms with Gasteiger partial charge in [-0.3, -0.25) is 4.68 Å². The summed E-state index contributed by atoms with van der Waals surface area (Å²) in [5.41, 5.74) is 1.70. The number of aromatic nitrogens is 4. The van der Waals surface area contributed by atoms with E-state index in [2.05, 4.69) is 25.3 Å². The van der Waals surface area contributed by atoms with Gasteiger partial charge in [-0.15, -0.1) is 0 Å². The molecule has 7 nitrogen and oxygen atoms in total. The van der Waals surface area contributed by atoms with Crippen LogP contribution in [0.1, 0.15) is 11.7 Å². The molecule has 2 aromatic heterocycles. The molecule has 2 atom stereocenters. The molecule has 0 spiro atoms. The van der Waals surface area contributed by atoms with Gasteiger partial charge in [0.15, 0.2) is 5.65 Å². The van der Waals surface area contributed by atoms with Gasteiger partial charge in [0.1, 0.15) is 12.1 Å². The van der Waals surface area contributed by atoms with Gasteiger partial charge in [-0.1, -0.05) is 30.3 Å². The molecule has 0 aliphatic heterocycles. The van der Waals surface area contributed by atoms with Crippen LogP contribution >= 0.6 is 0 Å². The third kappa shape index (κ3) is 3.94. The van der Waals surface area contributed by atoms with E-state index in [-0.39, 0.29) is 5.92 Å². The Bertz CT molecular complexity index is 817. The van der Waals surface area contributed by atoms with Gasteiger partial charge in [0.25, 0.3) is 0 Å². The maximum atomic E-state index is 10.8. The second-order valence-electron chi connectivity index (χ2n) is 6.49. The van der Waals surface area contributed by atoms with Crippen molar-refractivity contribution < 1.29 is 5.11 Å². The maximum Gasteiger partial charge on any atom is 0.163 e. The van der Waals surface area contributed by atoms with E-state index in [1.165, 1.54) is 6.33 Å². The number of anilines is 1. The molecule has 3 aromatic rings. The first kappa shape index (κ1) is 17.3. The van der Waals surface area contributed by atoms with E-state index >= 15 is 0 Å². The molecule has 0 unspecified atom stereocenters. The number of aliphatic hydroxyl groups excluding tert-OH is 1. The van der Waals surface area contributed by atoms with Gasteiger partial charge in [0, 0.05) is 26.1 Å². The first-order valence-corrected chi connectivity index (χ1v) is 8.30. The third-order valence-corrected chi connectivity index (χ3v) is 4.25. The van der Waals surface area contributed by atoms with Crippen LogP contribution in [0.2, 0.25) is 0 Å². The smallest absolute Gasteiger partial charge is 0.163 e. The van der Waals surface area contributed by atoms with E-state index in [9.17, 15) is 5.11 Å². The summed E-state index contributed by atoms with van der Waals surface area (Å²) in [5.74, 6) is 0.751. The fraction of sp³-hybridized carbons (Fsp3) is 0.389. The topological polar surface area (TPSA) is 79.1 Å². The first-order chi connectivity index (χ1) is 12.1. The second-order valence-corrected chi connectivity index (χ2v) is 6.49. The highest BCUT2D eigenvalue weighted by Crippen LogP contribution is 2.24. The van der Waals surface area contributed by atoms with Crippen LogP contribution in [0.4, 0.5) is 5.82 Å². The highest BCUT2D eigenvalue weighted by Gasteiger charge is 2.22. The van der Waals surface area contributed by atoms with Crippen LogP contribution in [-0.2, 0) is 7.05 Å². The van der Waals surface area contributed by atoms with Crippen LogP contribution in [0.15, 0.2) is 42.9 Å². The van der Waals surface area contributed by atoms with Crippen LogP contribution in [-0.4, -0.2) is 56.9 Å². The zero-order valence-corrected chi connectivity index (χ0v) is 14.8. The normalized spacial score (nSPS) is 14.0. The molecular weight excluding hydrogens is 316 g/mol. The van der Waals surface area contributed by atoms with Crippen molar-refractivity contribution in [1.29, 1.82) is 0 Å². The predicted molar refractivity (Wildman–Crippen MR) is 98.2 cm³/mol. The minimum atomic E-state index is -0.553. The third-order valence-electron chi connectivity index (χ3n) is 4.25. The number of rotatable bonds is 7. The van der Waals surface area contributed by atoms with Crippen LogP contribution in [0.5, 0.6) is 0 Å². The Morgan fingerprint density at radius 2 is 1.96 bits per heavy atom. The zero-order chi connectivity index (χ0) is 17.8. The van der Waals surface area contributed by atoms with Gasteiger partial charge in [-0.05, 0) is 19.7 Å². The van der Waals surface area contributed by atoms with Crippen molar-refractivity contribution in [2.45, 2.75) is 6.10 Å². The van der Waals surface area contributed by atoms with Crippen molar-refractivity contribution in [3.8, 4) is 0 Å². The Balaban J connectivity index is 1.78. The number of fused-ring (bicyclic) bond motifs is 1. The Labute approximate surface area is 147 Å². The minimum absolute atomic E-state index is 0.0130. The summed E-state index contributed by atoms with van der Waals surface area (Å²) in [4.78, 5) is 10.7. The molecule has 2 N–H and O–H groups in total. The number of hydrogen-bond donors (Lipinski definition) is 2. The molecule has 0 aliphatic carbocycles. The average molecular weight is 340 g/mol. The van der Waals surface area contributed by atoms with E-state index in [1.54, 1.807) is 10.9 Å². The van der Waals surface area contributed by atoms with Crippen molar-refractivity contribution in [3.05, 3.63) is 48.4 Å². The molecular formula is C18H24N6O. The van der Waals surface area contributed by atoms with E-state index in [0.29, 0.717) is 6.54 Å². The second kappa shape index (κ2) is 7.58. The predicted octanol–water partition coefficient (Wildman–Crippen LogP) is 1.69. The Morgan fingerprint density at radius 3 is 2.68 bits per heavy atom. The van der Waals surface area contributed by atoms with Gasteiger partial charge in [0.05, 0.1) is 17.7 Å². The van der Waals surface area contributed by atoms with Gasteiger partial charge >= 0.3 is 0 Å². The van der Waals surface area contributed by atoms with Crippen LogP contribution in [0, 0.1) is 5.92 Å². The van der Waals surface area contributed by atoms with Crippen molar-refractivity contribution >= 4 is 16.9 Å². The lowest BCUT2D eigenvalue weighted by atomic mass is 9.95. The number of nitrogens with zero attached hydrogens (tertiary/aromatic N) is 5. The fourth-order valence-electron chi connectivity index (χ4n) is 3.00. The van der Waals surface area contributed by atoms with Crippen molar-refractivity contribution in [1.82, 2.24) is 24.6 Å². The van der Waals surface area contributed by atoms with Crippen LogP contribution < -0.4 is 5.32 Å². The molecule has 0 aliphatic rings. The Hall–Kier alpha value is -2.51. The Kier molecular flexibility index (Phi) is 5.25. The fourth-order valence-corrected chi connectivity index (χ4v) is 3.00. The zero-order valence-electron chi connectivity index (χ0n) is 14.8. The summed E-state index contributed by atoms with van der Waals surface area (Å²) < 4.78 is 1.72. The molecule has 0 saturated carbocycles. The summed E-state index contributed by atoms with van der Waals surface area (Å²) in [6.45, 7) is 1.35. The first-order valence-electron chi connectivity index (χ1n) is 8.30. The highest BCUT2D eigenvalue weighted by molar-refractivity contribution is 5.85. The molecule has 0 saturated heterocycles. The lowest BCUT2D eigenvalue weighted by Crippen LogP contribution is -2.32. The van der Waals surface area contributed by atoms with Gasteiger partial charge in [-0.2, -0.15) is 5.10 Å². The lowest BCUT2D eigenvalue weighted by Gasteiger charge is -2.26. The molecule has 3 rings (SSSR count).